The first-order chi connectivity index (χ1) is 15.1. The van der Waals surface area contributed by atoms with Crippen molar-refractivity contribution >= 4 is 28.3 Å². The predicted octanol–water partition coefficient (Wildman–Crippen LogP) is 3.51. The van der Waals surface area contributed by atoms with Crippen molar-refractivity contribution in [1.82, 2.24) is 19.2 Å². The van der Waals surface area contributed by atoms with Gasteiger partial charge in [-0.15, -0.1) is 0 Å². The topological polar surface area (TPSA) is 94.4 Å². The van der Waals surface area contributed by atoms with Crippen LogP contribution in [0.25, 0.3) is 28.1 Å². The van der Waals surface area contributed by atoms with Gasteiger partial charge in [-0.05, 0) is 48.4 Å². The lowest BCUT2D eigenvalue weighted by atomic mass is 10.1. The molecule has 154 valence electrons. The minimum absolute atomic E-state index is 0.145. The molecular formula is C23H19N5O3. The van der Waals surface area contributed by atoms with Crippen molar-refractivity contribution in [3.63, 3.8) is 0 Å². The van der Waals surface area contributed by atoms with E-state index in [2.05, 4.69) is 22.3 Å². The second-order valence-electron chi connectivity index (χ2n) is 7.14. The van der Waals surface area contributed by atoms with E-state index in [1.165, 1.54) is 14.6 Å². The molecular weight excluding hydrogens is 394 g/mol. The number of carbonyl (C=O) groups is 1. The highest BCUT2D eigenvalue weighted by Crippen LogP contribution is 2.21. The van der Waals surface area contributed by atoms with Gasteiger partial charge in [0.2, 0.25) is 5.91 Å². The molecule has 0 radical (unpaired) electrons. The molecule has 1 N–H and O–H groups in total. The number of aryl methyl sites for hydroxylation is 1. The minimum Gasteiger partial charge on any atom is -0.463 e. The number of amides is 1. The highest BCUT2D eigenvalue weighted by Gasteiger charge is 2.18. The van der Waals surface area contributed by atoms with Crippen LogP contribution < -0.4 is 10.9 Å². The number of aromatic nitrogens is 4. The summed E-state index contributed by atoms with van der Waals surface area (Å²) in [6.45, 7) is 1.93. The lowest BCUT2D eigenvalue weighted by molar-refractivity contribution is -0.116. The quantitative estimate of drug-likeness (QED) is 0.476. The average Bonchev–Trinajstić information content (AvgIpc) is 3.47. The number of nitrogens with one attached hydrogen (secondary N) is 1. The van der Waals surface area contributed by atoms with Gasteiger partial charge in [-0.25, -0.2) is 9.50 Å². The number of fused-ring (bicyclic) bond motifs is 3. The van der Waals surface area contributed by atoms with E-state index in [9.17, 15) is 9.59 Å². The number of hydrogen-bond donors (Lipinski definition) is 1. The number of rotatable bonds is 5. The molecule has 0 atom stereocenters. The molecule has 4 aromatic heterocycles. The van der Waals surface area contributed by atoms with E-state index in [1.54, 1.807) is 42.8 Å². The van der Waals surface area contributed by atoms with Crippen LogP contribution in [0.3, 0.4) is 0 Å². The molecule has 0 saturated carbocycles. The van der Waals surface area contributed by atoms with E-state index >= 15 is 0 Å². The second-order valence-corrected chi connectivity index (χ2v) is 7.14. The number of benzene rings is 1. The van der Waals surface area contributed by atoms with Crippen molar-refractivity contribution in [2.45, 2.75) is 19.9 Å². The Labute approximate surface area is 176 Å². The number of nitrogens with zero attached hydrogens (tertiary/aromatic N) is 4. The van der Waals surface area contributed by atoms with Crippen molar-refractivity contribution in [1.29, 1.82) is 0 Å². The summed E-state index contributed by atoms with van der Waals surface area (Å²) < 4.78 is 8.32. The van der Waals surface area contributed by atoms with Crippen LogP contribution in [0.5, 0.6) is 0 Å². The summed E-state index contributed by atoms with van der Waals surface area (Å²) in [7, 11) is 0. The van der Waals surface area contributed by atoms with Gasteiger partial charge in [-0.1, -0.05) is 19.1 Å². The zero-order chi connectivity index (χ0) is 21.4. The van der Waals surface area contributed by atoms with Gasteiger partial charge in [-0.2, -0.15) is 5.10 Å². The molecule has 0 aliphatic rings. The van der Waals surface area contributed by atoms with E-state index in [0.29, 0.717) is 33.8 Å². The molecule has 0 saturated heterocycles. The minimum atomic E-state index is -0.331. The third-order valence-electron chi connectivity index (χ3n) is 5.15. The number of anilines is 1. The summed E-state index contributed by atoms with van der Waals surface area (Å²) in [6.07, 6.45) is 4.10. The van der Waals surface area contributed by atoms with Crippen molar-refractivity contribution in [2.24, 2.45) is 0 Å². The van der Waals surface area contributed by atoms with Crippen LogP contribution in [0.1, 0.15) is 12.5 Å². The van der Waals surface area contributed by atoms with Gasteiger partial charge in [0.15, 0.2) is 11.4 Å². The molecule has 0 unspecified atom stereocenters. The van der Waals surface area contributed by atoms with Crippen LogP contribution >= 0.6 is 0 Å². The van der Waals surface area contributed by atoms with Gasteiger partial charge < -0.3 is 9.73 Å². The SMILES string of the molecule is CCc1ccc(NC(=O)Cn2c(=O)c3cc(-c4ccco4)nn3c3ncccc32)cc1. The smallest absolute Gasteiger partial charge is 0.277 e. The van der Waals surface area contributed by atoms with Gasteiger partial charge in [0.05, 0.1) is 11.8 Å². The summed E-state index contributed by atoms with van der Waals surface area (Å²) in [4.78, 5) is 30.4. The van der Waals surface area contributed by atoms with Crippen molar-refractivity contribution in [3.05, 3.63) is 83.0 Å². The van der Waals surface area contributed by atoms with Crippen LogP contribution in [0.15, 0.2) is 76.3 Å². The molecule has 4 heterocycles. The van der Waals surface area contributed by atoms with E-state index in [1.807, 2.05) is 24.3 Å². The third-order valence-corrected chi connectivity index (χ3v) is 5.15. The fourth-order valence-corrected chi connectivity index (χ4v) is 3.57. The van der Waals surface area contributed by atoms with Gasteiger partial charge in [0.25, 0.3) is 5.56 Å². The van der Waals surface area contributed by atoms with Gasteiger partial charge in [-0.3, -0.25) is 14.2 Å². The summed E-state index contributed by atoms with van der Waals surface area (Å²) in [5.41, 5.74) is 3.38. The molecule has 5 aromatic rings. The van der Waals surface area contributed by atoms with E-state index in [0.717, 1.165) is 6.42 Å². The molecule has 0 aliphatic carbocycles. The van der Waals surface area contributed by atoms with E-state index in [-0.39, 0.29) is 18.0 Å². The van der Waals surface area contributed by atoms with Crippen molar-refractivity contribution in [2.75, 3.05) is 5.32 Å². The Morgan fingerprint density at radius 1 is 1.10 bits per heavy atom. The van der Waals surface area contributed by atoms with E-state index in [4.69, 9.17) is 4.42 Å². The molecule has 1 amide bonds. The van der Waals surface area contributed by atoms with Gasteiger partial charge >= 0.3 is 0 Å². The fraction of sp³-hybridized carbons (Fsp3) is 0.130. The molecule has 5 rings (SSSR count). The largest absolute Gasteiger partial charge is 0.463 e. The summed E-state index contributed by atoms with van der Waals surface area (Å²) in [5.74, 6) is 0.249. The monoisotopic (exact) mass is 413 g/mol. The Bertz CT molecular complexity index is 1450. The Balaban J connectivity index is 1.56. The maximum Gasteiger partial charge on any atom is 0.277 e. The highest BCUT2D eigenvalue weighted by molar-refractivity contribution is 5.91. The third kappa shape index (κ3) is 3.38. The second kappa shape index (κ2) is 7.56. The Morgan fingerprint density at radius 3 is 2.68 bits per heavy atom. The standard InChI is InChI=1S/C23H19N5O3/c1-2-15-7-9-16(10-8-15)25-21(29)14-27-18-5-3-11-24-22(18)28-19(23(27)30)13-17(26-28)20-6-4-12-31-20/h3-13H,2,14H2,1H3,(H,25,29). The van der Waals surface area contributed by atoms with Crippen LogP contribution in [-0.4, -0.2) is 25.1 Å². The molecule has 1 aromatic carbocycles. The maximum atomic E-state index is 13.3. The van der Waals surface area contributed by atoms with Crippen LogP contribution in [0.4, 0.5) is 5.69 Å². The first kappa shape index (κ1) is 18.8. The first-order valence-corrected chi connectivity index (χ1v) is 9.94. The zero-order valence-corrected chi connectivity index (χ0v) is 16.8. The highest BCUT2D eigenvalue weighted by atomic mass is 16.3. The van der Waals surface area contributed by atoms with Crippen molar-refractivity contribution in [3.8, 4) is 11.5 Å². The summed E-state index contributed by atoms with van der Waals surface area (Å²) in [5, 5.41) is 7.35. The maximum absolute atomic E-state index is 13.3. The Hall–Kier alpha value is -4.20. The molecule has 8 heteroatoms. The Morgan fingerprint density at radius 2 is 1.94 bits per heavy atom. The zero-order valence-electron chi connectivity index (χ0n) is 16.8. The number of carbonyl (C=O) groups excluding carboxylic acids is 1. The molecule has 31 heavy (non-hydrogen) atoms. The first-order valence-electron chi connectivity index (χ1n) is 9.94. The van der Waals surface area contributed by atoms with Crippen LogP contribution in [0.2, 0.25) is 0 Å². The Kier molecular flexibility index (Phi) is 4.59. The summed E-state index contributed by atoms with van der Waals surface area (Å²) in [6, 6.07) is 16.3. The number of pyridine rings is 1. The van der Waals surface area contributed by atoms with Crippen LogP contribution in [0, 0.1) is 0 Å². The predicted molar refractivity (Wildman–Crippen MR) is 117 cm³/mol. The molecule has 0 aliphatic heterocycles. The lowest BCUT2D eigenvalue weighted by Gasteiger charge is -2.11. The average molecular weight is 413 g/mol. The molecule has 0 spiro atoms. The van der Waals surface area contributed by atoms with Gasteiger partial charge in [0.1, 0.15) is 17.8 Å². The fourth-order valence-electron chi connectivity index (χ4n) is 3.57. The van der Waals surface area contributed by atoms with Crippen molar-refractivity contribution < 1.29 is 9.21 Å². The number of furan rings is 1. The summed E-state index contributed by atoms with van der Waals surface area (Å²) >= 11 is 0. The normalized spacial score (nSPS) is 11.3. The lowest BCUT2D eigenvalue weighted by Crippen LogP contribution is -2.29. The van der Waals surface area contributed by atoms with Crippen LogP contribution in [-0.2, 0) is 17.8 Å². The molecule has 0 bridgehead atoms. The van der Waals surface area contributed by atoms with Gasteiger partial charge in [0, 0.05) is 18.0 Å². The molecule has 8 nitrogen and oxygen atoms in total. The van der Waals surface area contributed by atoms with E-state index < -0.39 is 0 Å². The number of hydrogen-bond acceptors (Lipinski definition) is 5. The molecule has 0 fully saturated rings.